The van der Waals surface area contributed by atoms with Crippen LogP contribution in [0.25, 0.3) is 0 Å². The predicted molar refractivity (Wildman–Crippen MR) is 92.5 cm³/mol. The maximum Gasteiger partial charge on any atom is 0.337 e. The molecule has 0 aromatic heterocycles. The topological polar surface area (TPSA) is 98.5 Å². The molecular weight excluding hydrogens is 324 g/mol. The number of ether oxygens (including phenoxy) is 1. The molecule has 0 amide bonds. The van der Waals surface area contributed by atoms with E-state index in [0.717, 1.165) is 11.3 Å². The van der Waals surface area contributed by atoms with Gasteiger partial charge in [0.15, 0.2) is 0 Å². The number of Topliss-reactive ketones (excluding diaryl/α,β-unsaturated/α-hetero) is 1. The maximum absolute atomic E-state index is 11.6. The Morgan fingerprint density at radius 3 is 2.20 bits per heavy atom. The summed E-state index contributed by atoms with van der Waals surface area (Å²) in [5.41, 5.74) is 1.90. The Bertz CT molecular complexity index is 769. The monoisotopic (exact) mass is 342 g/mol. The van der Waals surface area contributed by atoms with E-state index in [-0.39, 0.29) is 23.9 Å². The van der Waals surface area contributed by atoms with E-state index in [1.807, 2.05) is 0 Å². The van der Waals surface area contributed by atoms with Crippen molar-refractivity contribution in [2.45, 2.75) is 19.4 Å². The molecule has 1 N–H and O–H groups in total. The predicted octanol–water partition coefficient (Wildman–Crippen LogP) is 3.51. The van der Waals surface area contributed by atoms with Crippen LogP contribution in [0.15, 0.2) is 48.5 Å². The van der Waals surface area contributed by atoms with Gasteiger partial charge in [0.1, 0.15) is 5.78 Å². The van der Waals surface area contributed by atoms with Gasteiger partial charge in [-0.15, -0.1) is 0 Å². The molecule has 0 radical (unpaired) electrons. The molecule has 0 spiro atoms. The number of hydrogen-bond acceptors (Lipinski definition) is 6. The number of ketones is 1. The number of rotatable bonds is 7. The fraction of sp³-hybridized carbons (Fsp3) is 0.222. The number of nitrogens with zero attached hydrogens (tertiary/aromatic N) is 1. The lowest BCUT2D eigenvalue weighted by Crippen LogP contribution is -2.14. The molecule has 7 heteroatoms. The lowest BCUT2D eigenvalue weighted by molar-refractivity contribution is -0.384. The highest BCUT2D eigenvalue weighted by Crippen LogP contribution is 2.25. The summed E-state index contributed by atoms with van der Waals surface area (Å²) in [7, 11) is 1.31. The number of hydrogen-bond donors (Lipinski definition) is 1. The Kier molecular flexibility index (Phi) is 5.84. The Morgan fingerprint density at radius 2 is 1.72 bits per heavy atom. The Hall–Kier alpha value is -3.22. The first-order valence-electron chi connectivity index (χ1n) is 7.59. The van der Waals surface area contributed by atoms with Crippen LogP contribution >= 0.6 is 0 Å². The van der Waals surface area contributed by atoms with Crippen molar-refractivity contribution in [1.82, 2.24) is 0 Å². The van der Waals surface area contributed by atoms with Gasteiger partial charge in [-0.2, -0.15) is 0 Å². The zero-order valence-electron chi connectivity index (χ0n) is 13.9. The van der Waals surface area contributed by atoms with Gasteiger partial charge >= 0.3 is 5.97 Å². The second-order valence-electron chi connectivity index (χ2n) is 5.52. The minimum Gasteiger partial charge on any atom is -0.465 e. The number of nitro benzene ring substituents is 1. The Labute approximate surface area is 144 Å². The first-order chi connectivity index (χ1) is 11.9. The van der Waals surface area contributed by atoms with Gasteiger partial charge in [-0.3, -0.25) is 14.9 Å². The van der Waals surface area contributed by atoms with Crippen LogP contribution in [0.2, 0.25) is 0 Å². The summed E-state index contributed by atoms with van der Waals surface area (Å²) in [6.07, 6.45) is 0.233. The number of non-ortho nitro benzene ring substituents is 1. The van der Waals surface area contributed by atoms with E-state index in [9.17, 15) is 19.7 Å². The zero-order valence-corrected chi connectivity index (χ0v) is 13.9. The molecule has 0 aliphatic rings. The van der Waals surface area contributed by atoms with E-state index in [2.05, 4.69) is 10.1 Å². The van der Waals surface area contributed by atoms with Crippen LogP contribution < -0.4 is 5.32 Å². The highest BCUT2D eigenvalue weighted by atomic mass is 16.6. The summed E-state index contributed by atoms with van der Waals surface area (Å²) >= 11 is 0. The van der Waals surface area contributed by atoms with Gasteiger partial charge < -0.3 is 10.1 Å². The van der Waals surface area contributed by atoms with E-state index in [0.29, 0.717) is 5.56 Å². The Morgan fingerprint density at radius 1 is 1.12 bits per heavy atom. The maximum atomic E-state index is 11.6. The number of nitrogens with one attached hydrogen (secondary N) is 1. The normalized spacial score (nSPS) is 11.4. The molecule has 0 aliphatic heterocycles. The van der Waals surface area contributed by atoms with Crippen molar-refractivity contribution >= 4 is 23.1 Å². The fourth-order valence-electron chi connectivity index (χ4n) is 2.39. The number of nitro groups is 1. The van der Waals surface area contributed by atoms with Crippen LogP contribution in [0.4, 0.5) is 11.4 Å². The molecule has 0 saturated carbocycles. The van der Waals surface area contributed by atoms with Crippen molar-refractivity contribution in [3.63, 3.8) is 0 Å². The Balaban J connectivity index is 2.21. The summed E-state index contributed by atoms with van der Waals surface area (Å²) in [5, 5.41) is 14.0. The molecule has 0 bridgehead atoms. The van der Waals surface area contributed by atoms with Crippen LogP contribution in [-0.2, 0) is 9.53 Å². The van der Waals surface area contributed by atoms with Crippen molar-refractivity contribution in [3.05, 3.63) is 69.8 Å². The van der Waals surface area contributed by atoms with Crippen molar-refractivity contribution in [1.29, 1.82) is 0 Å². The van der Waals surface area contributed by atoms with E-state index in [1.165, 1.54) is 26.2 Å². The van der Waals surface area contributed by atoms with Crippen molar-refractivity contribution in [3.8, 4) is 0 Å². The van der Waals surface area contributed by atoms with Crippen molar-refractivity contribution in [2.75, 3.05) is 12.4 Å². The molecule has 2 rings (SSSR count). The van der Waals surface area contributed by atoms with Gasteiger partial charge in [-0.05, 0) is 36.8 Å². The molecule has 25 heavy (non-hydrogen) atoms. The van der Waals surface area contributed by atoms with Gasteiger partial charge in [0.25, 0.3) is 5.69 Å². The lowest BCUT2D eigenvalue weighted by atomic mass is 10.0. The lowest BCUT2D eigenvalue weighted by Gasteiger charge is -2.19. The smallest absolute Gasteiger partial charge is 0.337 e. The number of esters is 1. The molecule has 0 fully saturated rings. The molecule has 2 aromatic carbocycles. The van der Waals surface area contributed by atoms with Crippen molar-refractivity contribution < 1.29 is 19.2 Å². The van der Waals surface area contributed by atoms with Gasteiger partial charge in [0.05, 0.1) is 23.6 Å². The van der Waals surface area contributed by atoms with Crippen LogP contribution in [0, 0.1) is 10.1 Å². The number of carbonyl (C=O) groups excluding carboxylic acids is 2. The van der Waals surface area contributed by atoms with Crippen LogP contribution in [0.5, 0.6) is 0 Å². The van der Waals surface area contributed by atoms with Gasteiger partial charge in [-0.25, -0.2) is 4.79 Å². The van der Waals surface area contributed by atoms with Crippen LogP contribution in [0.3, 0.4) is 0 Å². The third-order valence-electron chi connectivity index (χ3n) is 3.64. The molecule has 0 aliphatic carbocycles. The third-order valence-corrected chi connectivity index (χ3v) is 3.64. The zero-order chi connectivity index (χ0) is 18.4. The van der Waals surface area contributed by atoms with E-state index in [4.69, 9.17) is 0 Å². The molecule has 2 aromatic rings. The third kappa shape index (κ3) is 4.87. The number of benzene rings is 2. The second-order valence-corrected chi connectivity index (χ2v) is 5.52. The highest BCUT2D eigenvalue weighted by molar-refractivity contribution is 5.89. The highest BCUT2D eigenvalue weighted by Gasteiger charge is 2.16. The van der Waals surface area contributed by atoms with E-state index < -0.39 is 10.9 Å². The van der Waals surface area contributed by atoms with E-state index in [1.54, 1.807) is 36.4 Å². The average molecular weight is 342 g/mol. The first-order valence-corrected chi connectivity index (χ1v) is 7.59. The minimum atomic E-state index is -0.470. The van der Waals surface area contributed by atoms with Crippen LogP contribution in [0.1, 0.15) is 35.3 Å². The molecule has 1 atom stereocenters. The fourth-order valence-corrected chi connectivity index (χ4v) is 2.39. The standard InChI is InChI=1S/C18H18N2O5/c1-12(21)11-17(13-5-9-16(10-6-13)20(23)24)19-15-7-3-14(4-8-15)18(22)25-2/h3-10,17,19H,11H2,1-2H3/t17-/m0/s1. The number of carbonyl (C=O) groups is 2. The summed E-state index contributed by atoms with van der Waals surface area (Å²) < 4.78 is 4.65. The summed E-state index contributed by atoms with van der Waals surface area (Å²) in [6.45, 7) is 1.49. The number of anilines is 1. The molecular formula is C18H18N2O5. The minimum absolute atomic E-state index is 0.00671. The summed E-state index contributed by atoms with van der Waals surface area (Å²) in [5.74, 6) is -0.441. The summed E-state index contributed by atoms with van der Waals surface area (Å²) in [4.78, 5) is 33.3. The summed E-state index contributed by atoms with van der Waals surface area (Å²) in [6, 6.07) is 12.4. The van der Waals surface area contributed by atoms with E-state index >= 15 is 0 Å². The number of methoxy groups -OCH3 is 1. The largest absolute Gasteiger partial charge is 0.465 e. The van der Waals surface area contributed by atoms with Gasteiger partial charge in [0.2, 0.25) is 0 Å². The van der Waals surface area contributed by atoms with Crippen LogP contribution in [-0.4, -0.2) is 23.8 Å². The van der Waals surface area contributed by atoms with Gasteiger partial charge in [-0.1, -0.05) is 12.1 Å². The quantitative estimate of drug-likeness (QED) is 0.470. The average Bonchev–Trinajstić information content (AvgIpc) is 2.61. The molecule has 0 unspecified atom stereocenters. The SMILES string of the molecule is COC(=O)c1ccc(N[C@@H](CC(C)=O)c2ccc([N+](=O)[O-])cc2)cc1. The van der Waals surface area contributed by atoms with Gasteiger partial charge in [0, 0.05) is 24.2 Å². The first kappa shape index (κ1) is 18.1. The molecule has 7 nitrogen and oxygen atoms in total. The second kappa shape index (κ2) is 8.05. The van der Waals surface area contributed by atoms with Crippen molar-refractivity contribution in [2.24, 2.45) is 0 Å². The molecule has 130 valence electrons. The molecule has 0 heterocycles. The molecule has 0 saturated heterocycles.